The van der Waals surface area contributed by atoms with E-state index in [-0.39, 0.29) is 18.2 Å². The van der Waals surface area contributed by atoms with Gasteiger partial charge in [-0.2, -0.15) is 0 Å². The van der Waals surface area contributed by atoms with Gasteiger partial charge in [0, 0.05) is 18.7 Å². The molecule has 2 amide bonds. The van der Waals surface area contributed by atoms with Crippen molar-refractivity contribution >= 4 is 17.5 Å². The third-order valence-corrected chi connectivity index (χ3v) is 5.43. The molecule has 2 aromatic carbocycles. The molecule has 0 aliphatic carbocycles. The van der Waals surface area contributed by atoms with Crippen LogP contribution in [0.1, 0.15) is 36.2 Å². The fraction of sp³-hybridized carbons (Fsp3) is 0.417. The first-order valence-electron chi connectivity index (χ1n) is 10.3. The number of amides is 2. The molecule has 3 rings (SSSR count). The number of nitrogens with one attached hydrogen (secondary N) is 1. The lowest BCUT2D eigenvalue weighted by Gasteiger charge is -2.35. The van der Waals surface area contributed by atoms with Crippen molar-refractivity contribution in [2.45, 2.75) is 26.7 Å². The molecule has 1 heterocycles. The zero-order valence-electron chi connectivity index (χ0n) is 18.1. The van der Waals surface area contributed by atoms with E-state index in [2.05, 4.69) is 19.2 Å². The molecule has 1 N–H and O–H groups in total. The third-order valence-electron chi connectivity index (χ3n) is 5.43. The van der Waals surface area contributed by atoms with Crippen LogP contribution < -0.4 is 14.8 Å². The molecule has 0 spiro atoms. The first-order valence-corrected chi connectivity index (χ1v) is 10.3. The number of nitrogens with zero attached hydrogens (tertiary/aromatic N) is 1. The predicted molar refractivity (Wildman–Crippen MR) is 117 cm³/mol. The second-order valence-corrected chi connectivity index (χ2v) is 8.10. The van der Waals surface area contributed by atoms with Crippen LogP contribution in [-0.4, -0.2) is 44.0 Å². The molecule has 0 aromatic heterocycles. The van der Waals surface area contributed by atoms with Crippen LogP contribution in [0.5, 0.6) is 11.5 Å². The Balaban J connectivity index is 1.76. The Morgan fingerprint density at radius 3 is 2.40 bits per heavy atom. The minimum absolute atomic E-state index is 0.0386. The number of para-hydroxylation sites is 1. The monoisotopic (exact) mass is 410 g/mol. The summed E-state index contributed by atoms with van der Waals surface area (Å²) in [5, 5.41) is 2.91. The highest BCUT2D eigenvalue weighted by Gasteiger charge is 2.27. The van der Waals surface area contributed by atoms with Crippen molar-refractivity contribution in [2.24, 2.45) is 11.8 Å². The fourth-order valence-electron chi connectivity index (χ4n) is 4.17. The smallest absolute Gasteiger partial charge is 0.255 e. The van der Waals surface area contributed by atoms with E-state index >= 15 is 0 Å². The number of likely N-dealkylation sites (tertiary alicyclic amines) is 1. The number of methoxy groups -OCH3 is 2. The van der Waals surface area contributed by atoms with Gasteiger partial charge in [-0.3, -0.25) is 9.59 Å². The predicted octanol–water partition coefficient (Wildman–Crippen LogP) is 4.00. The normalized spacial score (nSPS) is 18.6. The van der Waals surface area contributed by atoms with Crippen molar-refractivity contribution in [1.82, 2.24) is 4.90 Å². The molecule has 6 heteroatoms. The van der Waals surface area contributed by atoms with E-state index in [0.29, 0.717) is 34.6 Å². The SMILES string of the molecule is COc1ccc(OC)c(CC(=O)Nc2ccccc2C(=O)N2CC(C)CC(C)C2)c1. The summed E-state index contributed by atoms with van der Waals surface area (Å²) in [6, 6.07) is 12.5. The van der Waals surface area contributed by atoms with Crippen LogP contribution in [0.2, 0.25) is 0 Å². The number of piperidine rings is 1. The molecule has 6 nitrogen and oxygen atoms in total. The Morgan fingerprint density at radius 1 is 1.03 bits per heavy atom. The standard InChI is InChI=1S/C24H30N2O4/c1-16-11-17(2)15-26(14-16)24(28)20-7-5-6-8-21(20)25-23(27)13-18-12-19(29-3)9-10-22(18)30-4/h5-10,12,16-17H,11,13-15H2,1-4H3,(H,25,27). The molecule has 2 aromatic rings. The lowest BCUT2D eigenvalue weighted by Crippen LogP contribution is -2.42. The first kappa shape index (κ1) is 21.7. The Morgan fingerprint density at radius 2 is 1.73 bits per heavy atom. The molecule has 1 aliphatic rings. The Kier molecular flexibility index (Phi) is 6.98. The molecule has 30 heavy (non-hydrogen) atoms. The zero-order chi connectivity index (χ0) is 21.7. The molecule has 0 bridgehead atoms. The summed E-state index contributed by atoms with van der Waals surface area (Å²) >= 11 is 0. The molecule has 0 saturated carbocycles. The van der Waals surface area contributed by atoms with Crippen molar-refractivity contribution in [3.05, 3.63) is 53.6 Å². The Hall–Kier alpha value is -3.02. The number of ether oxygens (including phenoxy) is 2. The van der Waals surface area contributed by atoms with Crippen LogP contribution in [0.25, 0.3) is 0 Å². The van der Waals surface area contributed by atoms with Crippen LogP contribution in [0.3, 0.4) is 0 Å². The molecule has 1 fully saturated rings. The minimum atomic E-state index is -0.220. The van der Waals surface area contributed by atoms with E-state index in [1.807, 2.05) is 17.0 Å². The van der Waals surface area contributed by atoms with Gasteiger partial charge in [0.05, 0.1) is 31.9 Å². The summed E-state index contributed by atoms with van der Waals surface area (Å²) in [5.74, 6) is 1.96. The zero-order valence-corrected chi connectivity index (χ0v) is 18.1. The molecule has 1 aliphatic heterocycles. The maximum absolute atomic E-state index is 13.2. The maximum atomic E-state index is 13.2. The number of hydrogen-bond donors (Lipinski definition) is 1. The summed E-state index contributed by atoms with van der Waals surface area (Å²) in [6.45, 7) is 5.83. The number of rotatable bonds is 6. The van der Waals surface area contributed by atoms with Gasteiger partial charge in [-0.05, 0) is 48.6 Å². The topological polar surface area (TPSA) is 67.9 Å². The molecule has 1 saturated heterocycles. The maximum Gasteiger partial charge on any atom is 0.255 e. The summed E-state index contributed by atoms with van der Waals surface area (Å²) in [6.07, 6.45) is 1.24. The van der Waals surface area contributed by atoms with E-state index in [0.717, 1.165) is 25.1 Å². The molecular weight excluding hydrogens is 380 g/mol. The van der Waals surface area contributed by atoms with Crippen molar-refractivity contribution in [2.75, 3.05) is 32.6 Å². The van der Waals surface area contributed by atoms with Crippen molar-refractivity contribution in [1.29, 1.82) is 0 Å². The van der Waals surface area contributed by atoms with E-state index in [1.54, 1.807) is 44.6 Å². The highest BCUT2D eigenvalue weighted by Crippen LogP contribution is 2.27. The van der Waals surface area contributed by atoms with Gasteiger partial charge in [0.25, 0.3) is 5.91 Å². The molecule has 160 valence electrons. The number of hydrogen-bond acceptors (Lipinski definition) is 4. The number of benzene rings is 2. The van der Waals surface area contributed by atoms with Gasteiger partial charge in [0.2, 0.25) is 5.91 Å². The quantitative estimate of drug-likeness (QED) is 0.782. The average molecular weight is 411 g/mol. The Labute approximate surface area is 178 Å². The van der Waals surface area contributed by atoms with Gasteiger partial charge >= 0.3 is 0 Å². The van der Waals surface area contributed by atoms with Crippen LogP contribution in [0, 0.1) is 11.8 Å². The highest BCUT2D eigenvalue weighted by atomic mass is 16.5. The lowest BCUT2D eigenvalue weighted by atomic mass is 9.91. The summed E-state index contributed by atoms with van der Waals surface area (Å²) < 4.78 is 10.6. The van der Waals surface area contributed by atoms with Crippen LogP contribution >= 0.6 is 0 Å². The van der Waals surface area contributed by atoms with E-state index in [1.165, 1.54) is 0 Å². The molecule has 2 atom stereocenters. The average Bonchev–Trinajstić information content (AvgIpc) is 2.72. The van der Waals surface area contributed by atoms with Crippen LogP contribution in [-0.2, 0) is 11.2 Å². The minimum Gasteiger partial charge on any atom is -0.497 e. The van der Waals surface area contributed by atoms with E-state index < -0.39 is 0 Å². The van der Waals surface area contributed by atoms with E-state index in [9.17, 15) is 9.59 Å². The fourth-order valence-corrected chi connectivity index (χ4v) is 4.17. The molecule has 0 radical (unpaired) electrons. The number of carbonyl (C=O) groups is 2. The molecule has 2 unspecified atom stereocenters. The van der Waals surface area contributed by atoms with Gasteiger partial charge in [0.1, 0.15) is 11.5 Å². The van der Waals surface area contributed by atoms with Gasteiger partial charge in [0.15, 0.2) is 0 Å². The van der Waals surface area contributed by atoms with Gasteiger partial charge in [-0.15, -0.1) is 0 Å². The van der Waals surface area contributed by atoms with Gasteiger partial charge < -0.3 is 19.7 Å². The lowest BCUT2D eigenvalue weighted by molar-refractivity contribution is -0.115. The first-order chi connectivity index (χ1) is 14.4. The van der Waals surface area contributed by atoms with Crippen molar-refractivity contribution in [3.63, 3.8) is 0 Å². The Bertz CT molecular complexity index is 902. The van der Waals surface area contributed by atoms with E-state index in [4.69, 9.17) is 9.47 Å². The van der Waals surface area contributed by atoms with Crippen molar-refractivity contribution < 1.29 is 19.1 Å². The van der Waals surface area contributed by atoms with Gasteiger partial charge in [-0.1, -0.05) is 26.0 Å². The third kappa shape index (κ3) is 5.12. The van der Waals surface area contributed by atoms with Crippen LogP contribution in [0.15, 0.2) is 42.5 Å². The van der Waals surface area contributed by atoms with Crippen molar-refractivity contribution in [3.8, 4) is 11.5 Å². The number of carbonyl (C=O) groups excluding carboxylic acids is 2. The number of anilines is 1. The van der Waals surface area contributed by atoms with Gasteiger partial charge in [-0.25, -0.2) is 0 Å². The second-order valence-electron chi connectivity index (χ2n) is 8.10. The highest BCUT2D eigenvalue weighted by molar-refractivity contribution is 6.04. The molecular formula is C24H30N2O4. The largest absolute Gasteiger partial charge is 0.497 e. The summed E-state index contributed by atoms with van der Waals surface area (Å²) in [7, 11) is 3.15. The second kappa shape index (κ2) is 9.65. The van der Waals surface area contributed by atoms with Crippen LogP contribution in [0.4, 0.5) is 5.69 Å². The summed E-state index contributed by atoms with van der Waals surface area (Å²) in [5.41, 5.74) is 1.77. The summed E-state index contributed by atoms with van der Waals surface area (Å²) in [4.78, 5) is 27.8.